The van der Waals surface area contributed by atoms with Crippen LogP contribution in [-0.2, 0) is 11.3 Å². The van der Waals surface area contributed by atoms with Gasteiger partial charge >= 0.3 is 0 Å². The van der Waals surface area contributed by atoms with E-state index >= 15 is 0 Å². The summed E-state index contributed by atoms with van der Waals surface area (Å²) < 4.78 is 0. The van der Waals surface area contributed by atoms with Gasteiger partial charge < -0.3 is 11.1 Å². The molecule has 1 heterocycles. The van der Waals surface area contributed by atoms with Crippen molar-refractivity contribution in [3.8, 4) is 0 Å². The fourth-order valence-electron chi connectivity index (χ4n) is 1.23. The second-order valence-electron chi connectivity index (χ2n) is 3.83. The molecule has 0 bridgehead atoms. The first kappa shape index (κ1) is 12.6. The molecule has 1 amide bonds. The Morgan fingerprint density at radius 1 is 1.62 bits per heavy atom. The number of nitrogens with zero attached hydrogens (tertiary/aromatic N) is 2. The first-order valence-corrected chi connectivity index (χ1v) is 5.43. The third kappa shape index (κ3) is 3.58. The van der Waals surface area contributed by atoms with Gasteiger partial charge in [0.1, 0.15) is 6.33 Å². The monoisotopic (exact) mass is 222 g/mol. The Balaban J connectivity index is 2.41. The highest BCUT2D eigenvalue weighted by molar-refractivity contribution is 5.81. The fraction of sp³-hybridized carbons (Fsp3) is 0.545. The van der Waals surface area contributed by atoms with Crippen molar-refractivity contribution in [2.45, 2.75) is 32.9 Å². The van der Waals surface area contributed by atoms with Crippen LogP contribution in [0.15, 0.2) is 18.6 Å². The van der Waals surface area contributed by atoms with Gasteiger partial charge in [-0.25, -0.2) is 9.97 Å². The number of amides is 1. The summed E-state index contributed by atoms with van der Waals surface area (Å²) in [6.07, 6.45) is 3.99. The SMILES string of the molecule is CCC(C)C(N)C(=O)NCc1ccncn1. The zero-order chi connectivity index (χ0) is 12.0. The summed E-state index contributed by atoms with van der Waals surface area (Å²) in [5.41, 5.74) is 6.57. The van der Waals surface area contributed by atoms with Crippen LogP contribution < -0.4 is 11.1 Å². The molecule has 0 spiro atoms. The lowest BCUT2D eigenvalue weighted by Crippen LogP contribution is -2.44. The van der Waals surface area contributed by atoms with Crippen LogP contribution >= 0.6 is 0 Å². The summed E-state index contributed by atoms with van der Waals surface area (Å²) in [7, 11) is 0. The number of rotatable bonds is 5. The molecule has 0 aromatic carbocycles. The number of carbonyl (C=O) groups is 1. The molecule has 1 rings (SSSR count). The van der Waals surface area contributed by atoms with Crippen molar-refractivity contribution in [2.24, 2.45) is 11.7 Å². The molecular weight excluding hydrogens is 204 g/mol. The van der Waals surface area contributed by atoms with E-state index < -0.39 is 6.04 Å². The van der Waals surface area contributed by atoms with E-state index in [2.05, 4.69) is 15.3 Å². The van der Waals surface area contributed by atoms with Crippen molar-refractivity contribution in [1.29, 1.82) is 0 Å². The van der Waals surface area contributed by atoms with Gasteiger partial charge in [-0.2, -0.15) is 0 Å². The number of nitrogens with one attached hydrogen (secondary N) is 1. The highest BCUT2D eigenvalue weighted by Crippen LogP contribution is 2.05. The largest absolute Gasteiger partial charge is 0.349 e. The van der Waals surface area contributed by atoms with Gasteiger partial charge in [0.15, 0.2) is 0 Å². The van der Waals surface area contributed by atoms with E-state index in [4.69, 9.17) is 5.73 Å². The van der Waals surface area contributed by atoms with Gasteiger partial charge in [-0.1, -0.05) is 20.3 Å². The quantitative estimate of drug-likeness (QED) is 0.758. The Kier molecular flexibility index (Phi) is 4.85. The lowest BCUT2D eigenvalue weighted by Gasteiger charge is -2.17. The molecule has 0 radical (unpaired) electrons. The maximum Gasteiger partial charge on any atom is 0.237 e. The first-order chi connectivity index (χ1) is 7.65. The van der Waals surface area contributed by atoms with Crippen LogP contribution in [0.2, 0.25) is 0 Å². The van der Waals surface area contributed by atoms with Crippen molar-refractivity contribution >= 4 is 5.91 Å². The van der Waals surface area contributed by atoms with Crippen LogP contribution in [0.4, 0.5) is 0 Å². The van der Waals surface area contributed by atoms with E-state index in [9.17, 15) is 4.79 Å². The molecule has 0 aliphatic heterocycles. The molecule has 0 saturated carbocycles. The van der Waals surface area contributed by atoms with Gasteiger partial charge in [0.05, 0.1) is 18.3 Å². The normalized spacial score (nSPS) is 14.2. The van der Waals surface area contributed by atoms with Crippen molar-refractivity contribution in [3.05, 3.63) is 24.3 Å². The van der Waals surface area contributed by atoms with Crippen LogP contribution in [-0.4, -0.2) is 21.9 Å². The van der Waals surface area contributed by atoms with Crippen LogP contribution in [0.5, 0.6) is 0 Å². The third-order valence-corrected chi connectivity index (χ3v) is 2.65. The van der Waals surface area contributed by atoms with Crippen molar-refractivity contribution in [3.63, 3.8) is 0 Å². The van der Waals surface area contributed by atoms with Gasteiger partial charge in [-0.15, -0.1) is 0 Å². The number of nitrogens with two attached hydrogens (primary N) is 1. The van der Waals surface area contributed by atoms with Gasteiger partial charge in [0.2, 0.25) is 5.91 Å². The average molecular weight is 222 g/mol. The second kappa shape index (κ2) is 6.17. The zero-order valence-electron chi connectivity index (χ0n) is 9.68. The number of carbonyl (C=O) groups excluding carboxylic acids is 1. The minimum absolute atomic E-state index is 0.132. The van der Waals surface area contributed by atoms with Gasteiger partial charge in [-0.3, -0.25) is 4.79 Å². The Labute approximate surface area is 95.5 Å². The fourth-order valence-corrected chi connectivity index (χ4v) is 1.23. The molecule has 3 N–H and O–H groups in total. The van der Waals surface area contributed by atoms with Crippen LogP contribution in [0, 0.1) is 5.92 Å². The van der Waals surface area contributed by atoms with Gasteiger partial charge in [-0.05, 0) is 12.0 Å². The average Bonchev–Trinajstić information content (AvgIpc) is 2.35. The second-order valence-corrected chi connectivity index (χ2v) is 3.83. The van der Waals surface area contributed by atoms with Crippen molar-refractivity contribution in [2.75, 3.05) is 0 Å². The van der Waals surface area contributed by atoms with Crippen LogP contribution in [0.25, 0.3) is 0 Å². The van der Waals surface area contributed by atoms with Gasteiger partial charge in [0.25, 0.3) is 0 Å². The first-order valence-electron chi connectivity index (χ1n) is 5.43. The summed E-state index contributed by atoms with van der Waals surface area (Å²) in [6, 6.07) is 1.31. The van der Waals surface area contributed by atoms with Gasteiger partial charge in [0, 0.05) is 6.20 Å². The minimum atomic E-state index is -0.452. The van der Waals surface area contributed by atoms with E-state index in [1.807, 2.05) is 13.8 Å². The lowest BCUT2D eigenvalue weighted by atomic mass is 9.99. The summed E-state index contributed by atoms with van der Waals surface area (Å²) in [5, 5.41) is 2.76. The summed E-state index contributed by atoms with van der Waals surface area (Å²) >= 11 is 0. The Bertz CT molecular complexity index is 328. The predicted molar refractivity (Wildman–Crippen MR) is 61.3 cm³/mol. The number of aromatic nitrogens is 2. The molecule has 2 unspecified atom stereocenters. The summed E-state index contributed by atoms with van der Waals surface area (Å²) in [6.45, 7) is 4.38. The molecule has 1 aromatic rings. The Morgan fingerprint density at radius 2 is 2.38 bits per heavy atom. The molecule has 0 fully saturated rings. The minimum Gasteiger partial charge on any atom is -0.349 e. The molecule has 1 aromatic heterocycles. The van der Waals surface area contributed by atoms with E-state index in [0.717, 1.165) is 12.1 Å². The predicted octanol–water partition coefficient (Wildman–Crippen LogP) is 0.466. The molecule has 88 valence electrons. The van der Waals surface area contributed by atoms with Crippen LogP contribution in [0.3, 0.4) is 0 Å². The standard InChI is InChI=1S/C11H18N4O/c1-3-8(2)10(12)11(16)14-6-9-4-5-13-7-15-9/h4-5,7-8,10H,3,6,12H2,1-2H3,(H,14,16). The maximum absolute atomic E-state index is 11.6. The molecule has 16 heavy (non-hydrogen) atoms. The van der Waals surface area contributed by atoms with Crippen molar-refractivity contribution < 1.29 is 4.79 Å². The highest BCUT2D eigenvalue weighted by Gasteiger charge is 2.18. The number of hydrogen-bond acceptors (Lipinski definition) is 4. The number of hydrogen-bond donors (Lipinski definition) is 2. The molecule has 5 nitrogen and oxygen atoms in total. The van der Waals surface area contributed by atoms with E-state index in [1.165, 1.54) is 6.33 Å². The third-order valence-electron chi connectivity index (χ3n) is 2.65. The molecule has 2 atom stereocenters. The van der Waals surface area contributed by atoms with Crippen LogP contribution in [0.1, 0.15) is 26.0 Å². The molecule has 0 saturated heterocycles. The van der Waals surface area contributed by atoms with Crippen molar-refractivity contribution in [1.82, 2.24) is 15.3 Å². The summed E-state index contributed by atoms with van der Waals surface area (Å²) in [4.78, 5) is 19.4. The molecule has 0 aliphatic carbocycles. The van der Waals surface area contributed by atoms with E-state index in [-0.39, 0.29) is 11.8 Å². The molecular formula is C11H18N4O. The smallest absolute Gasteiger partial charge is 0.237 e. The molecule has 5 heteroatoms. The maximum atomic E-state index is 11.6. The zero-order valence-corrected chi connectivity index (χ0v) is 9.68. The van der Waals surface area contributed by atoms with E-state index in [1.54, 1.807) is 12.3 Å². The topological polar surface area (TPSA) is 80.9 Å². The highest BCUT2D eigenvalue weighted by atomic mass is 16.2. The lowest BCUT2D eigenvalue weighted by molar-refractivity contribution is -0.123. The Hall–Kier alpha value is -1.49. The Morgan fingerprint density at radius 3 is 2.94 bits per heavy atom. The molecule has 0 aliphatic rings. The van der Waals surface area contributed by atoms with E-state index in [0.29, 0.717) is 6.54 Å². The summed E-state index contributed by atoms with van der Waals surface area (Å²) in [5.74, 6) is 0.0540.